The average molecular weight is 399 g/mol. The van der Waals surface area contributed by atoms with E-state index >= 15 is 0 Å². The first-order valence-electron chi connectivity index (χ1n) is 9.53. The molecule has 7 nitrogen and oxygen atoms in total. The van der Waals surface area contributed by atoms with Gasteiger partial charge in [-0.3, -0.25) is 4.79 Å². The second kappa shape index (κ2) is 7.39. The van der Waals surface area contributed by atoms with Crippen molar-refractivity contribution in [3.8, 4) is 0 Å². The van der Waals surface area contributed by atoms with Gasteiger partial charge in [0.25, 0.3) is 0 Å². The van der Waals surface area contributed by atoms with Crippen molar-refractivity contribution in [3.05, 3.63) is 45.5 Å². The predicted octanol–water partition coefficient (Wildman–Crippen LogP) is 3.67. The van der Waals surface area contributed by atoms with Crippen LogP contribution in [-0.4, -0.2) is 23.0 Å². The lowest BCUT2D eigenvalue weighted by Crippen LogP contribution is -2.41. The van der Waals surface area contributed by atoms with Crippen LogP contribution in [0.5, 0.6) is 0 Å². The highest BCUT2D eigenvalue weighted by atomic mass is 16.4. The fourth-order valence-electron chi connectivity index (χ4n) is 3.44. The Bertz CT molecular complexity index is 1160. The molecule has 0 fully saturated rings. The third kappa shape index (κ3) is 3.90. The van der Waals surface area contributed by atoms with E-state index in [9.17, 15) is 14.4 Å². The molecule has 0 unspecified atom stereocenters. The Hall–Kier alpha value is -3.09. The Balaban J connectivity index is 2.07. The van der Waals surface area contributed by atoms with Crippen molar-refractivity contribution >= 4 is 33.8 Å². The van der Waals surface area contributed by atoms with E-state index in [1.165, 1.54) is 0 Å². The number of amides is 1. The second-order valence-corrected chi connectivity index (χ2v) is 8.28. The summed E-state index contributed by atoms with van der Waals surface area (Å²) in [6.07, 6.45) is 1.71. The lowest BCUT2D eigenvalue weighted by molar-refractivity contribution is -0.141. The molecule has 29 heavy (non-hydrogen) atoms. The van der Waals surface area contributed by atoms with Crippen molar-refractivity contribution in [1.29, 1.82) is 0 Å². The van der Waals surface area contributed by atoms with Gasteiger partial charge >= 0.3 is 11.6 Å². The fourth-order valence-corrected chi connectivity index (χ4v) is 3.44. The van der Waals surface area contributed by atoms with Gasteiger partial charge in [-0.15, -0.1) is 0 Å². The quantitative estimate of drug-likeness (QED) is 0.634. The number of aryl methyl sites for hydroxylation is 1. The highest BCUT2D eigenvalue weighted by Gasteiger charge is 2.23. The molecule has 7 heteroatoms. The van der Waals surface area contributed by atoms with Crippen LogP contribution in [0.1, 0.15) is 50.8 Å². The maximum atomic E-state index is 12.5. The van der Waals surface area contributed by atoms with Crippen LogP contribution >= 0.6 is 0 Å². The van der Waals surface area contributed by atoms with E-state index in [0.29, 0.717) is 16.7 Å². The number of benzene rings is 1. The Labute approximate surface area is 167 Å². The molecular weight excluding hydrogens is 374 g/mol. The van der Waals surface area contributed by atoms with Crippen molar-refractivity contribution < 1.29 is 23.5 Å². The number of carboxylic acids is 1. The predicted molar refractivity (Wildman–Crippen MR) is 109 cm³/mol. The summed E-state index contributed by atoms with van der Waals surface area (Å²) >= 11 is 0. The number of hydrogen-bond acceptors (Lipinski definition) is 5. The summed E-state index contributed by atoms with van der Waals surface area (Å²) in [5, 5.41) is 13.2. The normalized spacial score (nSPS) is 13.0. The standard InChI is InChI=1S/C22H25NO6/c1-6-16(20(25)26)23-19(24)8-13-11(2)12-7-14-15(22(3,4)5)10-28-17(14)9-18(12)29-21(13)27/h7,9-10,16H,6,8H2,1-5H3,(H,23,24)(H,25,26)/t16-/m0/s1. The third-order valence-electron chi connectivity index (χ3n) is 5.17. The highest BCUT2D eigenvalue weighted by Crippen LogP contribution is 2.35. The van der Waals surface area contributed by atoms with Crippen LogP contribution in [0.2, 0.25) is 0 Å². The van der Waals surface area contributed by atoms with Crippen molar-refractivity contribution in [2.24, 2.45) is 0 Å². The molecule has 3 rings (SSSR count). The lowest BCUT2D eigenvalue weighted by Gasteiger charge is -2.17. The molecule has 0 spiro atoms. The topological polar surface area (TPSA) is 110 Å². The molecule has 0 aliphatic heterocycles. The van der Waals surface area contributed by atoms with E-state index in [-0.39, 0.29) is 23.8 Å². The van der Waals surface area contributed by atoms with E-state index < -0.39 is 23.5 Å². The van der Waals surface area contributed by atoms with Gasteiger partial charge in [0.1, 0.15) is 17.2 Å². The molecule has 1 amide bonds. The average Bonchev–Trinajstić information content (AvgIpc) is 3.04. The summed E-state index contributed by atoms with van der Waals surface area (Å²) in [5.74, 6) is -1.64. The summed E-state index contributed by atoms with van der Waals surface area (Å²) < 4.78 is 11.1. The van der Waals surface area contributed by atoms with E-state index in [4.69, 9.17) is 13.9 Å². The van der Waals surface area contributed by atoms with Crippen molar-refractivity contribution in [3.63, 3.8) is 0 Å². The first-order chi connectivity index (χ1) is 13.5. The number of fused-ring (bicyclic) bond motifs is 2. The molecule has 3 aromatic rings. The van der Waals surface area contributed by atoms with Crippen LogP contribution in [-0.2, 0) is 21.4 Å². The summed E-state index contributed by atoms with van der Waals surface area (Å²) in [7, 11) is 0. The first-order valence-corrected chi connectivity index (χ1v) is 9.53. The second-order valence-electron chi connectivity index (χ2n) is 8.28. The molecule has 1 atom stereocenters. The van der Waals surface area contributed by atoms with E-state index in [1.807, 2.05) is 6.07 Å². The van der Waals surface area contributed by atoms with Crippen LogP contribution in [0.3, 0.4) is 0 Å². The number of carbonyl (C=O) groups is 2. The number of hydrogen-bond donors (Lipinski definition) is 2. The van der Waals surface area contributed by atoms with Gasteiger partial charge in [0, 0.05) is 22.4 Å². The Morgan fingerprint density at radius 2 is 1.86 bits per heavy atom. The molecule has 2 heterocycles. The van der Waals surface area contributed by atoms with Crippen molar-refractivity contribution in [2.75, 3.05) is 0 Å². The SMILES string of the molecule is CC[C@H](NC(=O)Cc1c(C)c2cc3c(C(C)(C)C)coc3cc2oc1=O)C(=O)O. The Morgan fingerprint density at radius 1 is 1.17 bits per heavy atom. The first kappa shape index (κ1) is 20.6. The minimum absolute atomic E-state index is 0.128. The molecule has 0 saturated heterocycles. The van der Waals surface area contributed by atoms with Gasteiger partial charge < -0.3 is 19.3 Å². The largest absolute Gasteiger partial charge is 0.480 e. The Morgan fingerprint density at radius 3 is 2.45 bits per heavy atom. The molecule has 154 valence electrons. The van der Waals surface area contributed by atoms with Gasteiger partial charge in [-0.2, -0.15) is 0 Å². The molecule has 0 aliphatic carbocycles. The third-order valence-corrected chi connectivity index (χ3v) is 5.17. The van der Waals surface area contributed by atoms with Crippen LogP contribution in [0.4, 0.5) is 0 Å². The molecule has 0 saturated carbocycles. The maximum absolute atomic E-state index is 12.5. The minimum Gasteiger partial charge on any atom is -0.480 e. The number of nitrogens with one attached hydrogen (secondary N) is 1. The Kier molecular flexibility index (Phi) is 5.26. The van der Waals surface area contributed by atoms with Crippen LogP contribution < -0.4 is 10.9 Å². The van der Waals surface area contributed by atoms with E-state index in [0.717, 1.165) is 16.3 Å². The smallest absolute Gasteiger partial charge is 0.340 e. The van der Waals surface area contributed by atoms with Crippen LogP contribution in [0.25, 0.3) is 21.9 Å². The summed E-state index contributed by atoms with van der Waals surface area (Å²) in [5.41, 5.74) is 2.16. The number of rotatable bonds is 5. The van der Waals surface area contributed by atoms with Crippen LogP contribution in [0.15, 0.2) is 32.0 Å². The number of furan rings is 1. The maximum Gasteiger partial charge on any atom is 0.340 e. The summed E-state index contributed by atoms with van der Waals surface area (Å²) in [4.78, 5) is 35.9. The molecule has 0 bridgehead atoms. The molecule has 2 N–H and O–H groups in total. The molecule has 0 radical (unpaired) electrons. The summed E-state index contributed by atoms with van der Waals surface area (Å²) in [6, 6.07) is 2.62. The zero-order chi connectivity index (χ0) is 21.5. The monoisotopic (exact) mass is 399 g/mol. The molecule has 0 aliphatic rings. The molecule has 1 aromatic carbocycles. The van der Waals surface area contributed by atoms with Crippen LogP contribution in [0, 0.1) is 6.92 Å². The van der Waals surface area contributed by atoms with Gasteiger partial charge in [-0.25, -0.2) is 9.59 Å². The van der Waals surface area contributed by atoms with E-state index in [1.54, 1.807) is 26.2 Å². The molecular formula is C22H25NO6. The van der Waals surface area contributed by atoms with Gasteiger partial charge in [-0.1, -0.05) is 27.7 Å². The lowest BCUT2D eigenvalue weighted by atomic mass is 9.86. The molecule has 2 aromatic heterocycles. The van der Waals surface area contributed by atoms with Gasteiger partial charge in [-0.05, 0) is 30.4 Å². The highest BCUT2D eigenvalue weighted by molar-refractivity contribution is 5.97. The van der Waals surface area contributed by atoms with E-state index in [2.05, 4.69) is 26.1 Å². The number of aliphatic carboxylic acids is 1. The van der Waals surface area contributed by atoms with Gasteiger partial charge in [0.2, 0.25) is 5.91 Å². The van der Waals surface area contributed by atoms with Gasteiger partial charge in [0.15, 0.2) is 0 Å². The van der Waals surface area contributed by atoms with Gasteiger partial charge in [0.05, 0.1) is 18.2 Å². The van der Waals surface area contributed by atoms with Crippen molar-refractivity contribution in [1.82, 2.24) is 5.32 Å². The minimum atomic E-state index is -1.11. The number of carbonyl (C=O) groups excluding carboxylic acids is 1. The zero-order valence-electron chi connectivity index (χ0n) is 17.2. The fraction of sp³-hybridized carbons (Fsp3) is 0.409. The van der Waals surface area contributed by atoms with Crippen molar-refractivity contribution in [2.45, 2.75) is 58.9 Å². The number of carboxylic acid groups (broad SMARTS) is 1. The zero-order valence-corrected chi connectivity index (χ0v) is 17.2. The summed E-state index contributed by atoms with van der Waals surface area (Å²) in [6.45, 7) is 9.68.